The van der Waals surface area contributed by atoms with Crippen molar-refractivity contribution in [1.82, 2.24) is 9.80 Å². The average Bonchev–Trinajstić information content (AvgIpc) is 2.67. The second kappa shape index (κ2) is 8.16. The minimum Gasteiger partial charge on any atom is -0.338 e. The molecular formula is C20H28FN3O2. The molecule has 26 heavy (non-hydrogen) atoms. The van der Waals surface area contributed by atoms with Crippen LogP contribution in [0.5, 0.6) is 0 Å². The number of hydrogen-bond donors (Lipinski definition) is 1. The van der Waals surface area contributed by atoms with Crippen molar-refractivity contribution < 1.29 is 14.0 Å². The van der Waals surface area contributed by atoms with Gasteiger partial charge in [0.25, 0.3) is 5.91 Å². The number of hydrogen-bond acceptors (Lipinski definition) is 3. The largest absolute Gasteiger partial charge is 0.338 e. The lowest BCUT2D eigenvalue weighted by atomic mass is 9.89. The van der Waals surface area contributed by atoms with Crippen molar-refractivity contribution >= 4 is 11.8 Å². The molecule has 2 aliphatic rings. The standard InChI is InChI=1S/C20H28FN3O2/c1-14-8-10-24(18(11-14)12-22)20(26)16-3-2-9-23(13-16)19(25)15-4-6-17(21)7-5-15/h4-7,14,16,18H,2-3,8-13,22H2,1H3. The second-order valence-electron chi connectivity index (χ2n) is 7.65. The maximum atomic E-state index is 13.1. The van der Waals surface area contributed by atoms with Crippen molar-refractivity contribution in [2.45, 2.75) is 38.6 Å². The molecule has 0 bridgehead atoms. The fraction of sp³-hybridized carbons (Fsp3) is 0.600. The lowest BCUT2D eigenvalue weighted by Crippen LogP contribution is -2.54. The lowest BCUT2D eigenvalue weighted by Gasteiger charge is -2.41. The highest BCUT2D eigenvalue weighted by molar-refractivity contribution is 5.94. The molecule has 0 aromatic heterocycles. The Morgan fingerprint density at radius 3 is 2.62 bits per heavy atom. The van der Waals surface area contributed by atoms with E-state index in [9.17, 15) is 14.0 Å². The van der Waals surface area contributed by atoms with Crippen molar-refractivity contribution in [1.29, 1.82) is 0 Å². The van der Waals surface area contributed by atoms with Crippen LogP contribution in [-0.2, 0) is 4.79 Å². The Morgan fingerprint density at radius 2 is 1.92 bits per heavy atom. The van der Waals surface area contributed by atoms with Crippen molar-refractivity contribution in [3.05, 3.63) is 35.6 Å². The number of carbonyl (C=O) groups excluding carboxylic acids is 2. The second-order valence-corrected chi connectivity index (χ2v) is 7.65. The van der Waals surface area contributed by atoms with Gasteiger partial charge in [-0.1, -0.05) is 6.92 Å². The van der Waals surface area contributed by atoms with Crippen molar-refractivity contribution in [2.24, 2.45) is 17.6 Å². The Hall–Kier alpha value is -1.95. The highest BCUT2D eigenvalue weighted by Crippen LogP contribution is 2.27. The van der Waals surface area contributed by atoms with Crippen LogP contribution in [0, 0.1) is 17.7 Å². The molecule has 1 aromatic rings. The normalized spacial score (nSPS) is 26.7. The molecule has 2 fully saturated rings. The van der Waals surface area contributed by atoms with Crippen LogP contribution >= 0.6 is 0 Å². The maximum absolute atomic E-state index is 13.1. The molecule has 5 nitrogen and oxygen atoms in total. The van der Waals surface area contributed by atoms with E-state index in [0.29, 0.717) is 31.1 Å². The summed E-state index contributed by atoms with van der Waals surface area (Å²) in [4.78, 5) is 29.4. The number of amides is 2. The summed E-state index contributed by atoms with van der Waals surface area (Å²) >= 11 is 0. The average molecular weight is 361 g/mol. The van der Waals surface area contributed by atoms with Gasteiger partial charge in [0.15, 0.2) is 0 Å². The van der Waals surface area contributed by atoms with E-state index in [0.717, 1.165) is 32.2 Å². The minimum absolute atomic E-state index is 0.106. The minimum atomic E-state index is -0.361. The van der Waals surface area contributed by atoms with E-state index in [1.165, 1.54) is 24.3 Å². The third-order valence-electron chi connectivity index (χ3n) is 5.68. The molecule has 6 heteroatoms. The fourth-order valence-electron chi connectivity index (χ4n) is 4.14. The number of nitrogens with two attached hydrogens (primary N) is 1. The van der Waals surface area contributed by atoms with Crippen LogP contribution in [-0.4, -0.2) is 53.8 Å². The van der Waals surface area contributed by atoms with Crippen molar-refractivity contribution in [3.8, 4) is 0 Å². The number of likely N-dealkylation sites (tertiary alicyclic amines) is 2. The van der Waals surface area contributed by atoms with E-state index in [2.05, 4.69) is 6.92 Å². The smallest absolute Gasteiger partial charge is 0.253 e. The van der Waals surface area contributed by atoms with Gasteiger partial charge in [-0.15, -0.1) is 0 Å². The summed E-state index contributed by atoms with van der Waals surface area (Å²) in [5, 5.41) is 0. The molecule has 2 aliphatic heterocycles. The summed E-state index contributed by atoms with van der Waals surface area (Å²) in [7, 11) is 0. The van der Waals surface area contributed by atoms with E-state index in [-0.39, 0.29) is 29.6 Å². The van der Waals surface area contributed by atoms with Gasteiger partial charge in [-0.05, 0) is 55.9 Å². The topological polar surface area (TPSA) is 66.6 Å². The third-order valence-corrected chi connectivity index (χ3v) is 5.68. The van der Waals surface area contributed by atoms with Gasteiger partial charge in [-0.2, -0.15) is 0 Å². The van der Waals surface area contributed by atoms with Crippen LogP contribution in [0.1, 0.15) is 43.0 Å². The van der Waals surface area contributed by atoms with E-state index in [4.69, 9.17) is 5.73 Å². The number of piperidine rings is 2. The zero-order valence-electron chi connectivity index (χ0n) is 15.4. The molecule has 0 aliphatic carbocycles. The number of rotatable bonds is 3. The van der Waals surface area contributed by atoms with Crippen LogP contribution in [0.2, 0.25) is 0 Å². The van der Waals surface area contributed by atoms with E-state index in [1.807, 2.05) is 4.90 Å². The van der Waals surface area contributed by atoms with Gasteiger partial charge in [-0.3, -0.25) is 9.59 Å². The Balaban J connectivity index is 1.66. The van der Waals surface area contributed by atoms with Crippen LogP contribution in [0.15, 0.2) is 24.3 Å². The summed E-state index contributed by atoms with van der Waals surface area (Å²) in [6.07, 6.45) is 3.57. The first-order chi connectivity index (χ1) is 12.5. The SMILES string of the molecule is CC1CCN(C(=O)C2CCCN(C(=O)c3ccc(F)cc3)C2)C(CN)C1. The molecule has 2 saturated heterocycles. The Morgan fingerprint density at radius 1 is 1.19 bits per heavy atom. The van der Waals surface area contributed by atoms with Gasteiger partial charge < -0.3 is 15.5 Å². The van der Waals surface area contributed by atoms with Gasteiger partial charge in [0.1, 0.15) is 5.82 Å². The van der Waals surface area contributed by atoms with Crippen LogP contribution in [0.4, 0.5) is 4.39 Å². The molecule has 3 rings (SSSR count). The van der Waals surface area contributed by atoms with E-state index >= 15 is 0 Å². The molecule has 142 valence electrons. The molecule has 3 atom stereocenters. The first-order valence-corrected chi connectivity index (χ1v) is 9.55. The summed E-state index contributed by atoms with van der Waals surface area (Å²) < 4.78 is 13.1. The van der Waals surface area contributed by atoms with Crippen LogP contribution < -0.4 is 5.73 Å². The zero-order chi connectivity index (χ0) is 18.7. The number of benzene rings is 1. The van der Waals surface area contributed by atoms with Crippen LogP contribution in [0.25, 0.3) is 0 Å². The summed E-state index contributed by atoms with van der Waals surface area (Å²) in [5.74, 6) is 0.0561. The molecule has 1 aromatic carbocycles. The Kier molecular flexibility index (Phi) is 5.91. The highest BCUT2D eigenvalue weighted by Gasteiger charge is 2.36. The van der Waals surface area contributed by atoms with Gasteiger partial charge >= 0.3 is 0 Å². The zero-order valence-corrected chi connectivity index (χ0v) is 15.4. The van der Waals surface area contributed by atoms with Gasteiger partial charge in [0, 0.05) is 37.8 Å². The monoisotopic (exact) mass is 361 g/mol. The fourth-order valence-corrected chi connectivity index (χ4v) is 4.14. The molecular weight excluding hydrogens is 333 g/mol. The summed E-state index contributed by atoms with van der Waals surface area (Å²) in [5.41, 5.74) is 6.36. The third kappa shape index (κ3) is 4.06. The van der Waals surface area contributed by atoms with Crippen molar-refractivity contribution in [3.63, 3.8) is 0 Å². The van der Waals surface area contributed by atoms with Crippen molar-refractivity contribution in [2.75, 3.05) is 26.2 Å². The molecule has 2 N–H and O–H groups in total. The predicted octanol–water partition coefficient (Wildman–Crippen LogP) is 2.26. The number of nitrogens with zero attached hydrogens (tertiary/aromatic N) is 2. The number of halogens is 1. The van der Waals surface area contributed by atoms with E-state index in [1.54, 1.807) is 4.90 Å². The lowest BCUT2D eigenvalue weighted by molar-refractivity contribution is -0.141. The molecule has 0 spiro atoms. The molecule has 3 unspecified atom stereocenters. The molecule has 2 amide bonds. The Labute approximate surface area is 154 Å². The van der Waals surface area contributed by atoms with Gasteiger partial charge in [0.05, 0.1) is 5.92 Å². The predicted molar refractivity (Wildman–Crippen MR) is 98.0 cm³/mol. The number of carbonyl (C=O) groups is 2. The quantitative estimate of drug-likeness (QED) is 0.898. The Bertz CT molecular complexity index is 649. The molecule has 0 saturated carbocycles. The van der Waals surface area contributed by atoms with Gasteiger partial charge in [0.2, 0.25) is 5.91 Å². The summed E-state index contributed by atoms with van der Waals surface area (Å²) in [6, 6.07) is 5.69. The first-order valence-electron chi connectivity index (χ1n) is 9.55. The molecule has 0 radical (unpaired) electrons. The molecule has 2 heterocycles. The van der Waals surface area contributed by atoms with Crippen LogP contribution in [0.3, 0.4) is 0 Å². The highest BCUT2D eigenvalue weighted by atomic mass is 19.1. The van der Waals surface area contributed by atoms with Gasteiger partial charge in [-0.25, -0.2) is 4.39 Å². The van der Waals surface area contributed by atoms with E-state index < -0.39 is 0 Å². The first kappa shape index (κ1) is 18.8. The summed E-state index contributed by atoms with van der Waals surface area (Å²) in [6.45, 7) is 4.51. The maximum Gasteiger partial charge on any atom is 0.253 e.